The summed E-state index contributed by atoms with van der Waals surface area (Å²) in [4.78, 5) is 29.2. The monoisotopic (exact) mass is 390 g/mol. The molecule has 2 heterocycles. The van der Waals surface area contributed by atoms with Crippen LogP contribution >= 0.6 is 11.3 Å². The van der Waals surface area contributed by atoms with Gasteiger partial charge in [-0.1, -0.05) is 53.3 Å². The van der Waals surface area contributed by atoms with Crippen molar-refractivity contribution >= 4 is 32.6 Å². The summed E-state index contributed by atoms with van der Waals surface area (Å²) >= 11 is 1.41. The molecule has 0 spiro atoms. The first-order chi connectivity index (χ1) is 13.5. The van der Waals surface area contributed by atoms with Crippen molar-refractivity contribution in [1.29, 1.82) is 0 Å². The second-order valence-corrected chi connectivity index (χ2v) is 7.63. The van der Waals surface area contributed by atoms with Crippen molar-refractivity contribution in [2.75, 3.05) is 5.32 Å². The molecule has 0 aliphatic rings. The molecule has 140 valence electrons. The first kappa shape index (κ1) is 18.1. The Morgan fingerprint density at radius 2 is 1.86 bits per heavy atom. The molecule has 0 unspecified atom stereocenters. The van der Waals surface area contributed by atoms with Crippen molar-refractivity contribution in [2.45, 2.75) is 20.4 Å². The van der Waals surface area contributed by atoms with Crippen LogP contribution in [0.5, 0.6) is 0 Å². The summed E-state index contributed by atoms with van der Waals surface area (Å²) in [7, 11) is 0. The lowest BCUT2D eigenvalue weighted by Crippen LogP contribution is -2.26. The van der Waals surface area contributed by atoms with Gasteiger partial charge in [0.2, 0.25) is 0 Å². The van der Waals surface area contributed by atoms with Gasteiger partial charge in [0.05, 0.1) is 16.8 Å². The van der Waals surface area contributed by atoms with Crippen LogP contribution < -0.4 is 10.9 Å². The molecular weight excluding hydrogens is 372 g/mol. The third-order valence-electron chi connectivity index (χ3n) is 4.39. The van der Waals surface area contributed by atoms with E-state index in [-0.39, 0.29) is 11.3 Å². The normalized spacial score (nSPS) is 10.9. The Morgan fingerprint density at radius 1 is 1.07 bits per heavy atom. The number of rotatable bonds is 4. The Morgan fingerprint density at radius 3 is 2.61 bits per heavy atom. The highest BCUT2D eigenvalue weighted by Crippen LogP contribution is 2.28. The summed E-state index contributed by atoms with van der Waals surface area (Å²) in [6.45, 7) is 4.29. The first-order valence-corrected chi connectivity index (χ1v) is 9.62. The minimum atomic E-state index is -0.394. The number of thiazole rings is 1. The molecule has 0 aliphatic heterocycles. The van der Waals surface area contributed by atoms with Gasteiger partial charge in [0.1, 0.15) is 5.69 Å². The molecule has 0 fully saturated rings. The van der Waals surface area contributed by atoms with Crippen LogP contribution in [0, 0.1) is 13.8 Å². The Hall–Kier alpha value is -3.32. The molecule has 6 nitrogen and oxygen atoms in total. The van der Waals surface area contributed by atoms with Crippen molar-refractivity contribution in [3.63, 3.8) is 0 Å². The molecule has 0 atom stereocenters. The van der Waals surface area contributed by atoms with Gasteiger partial charge in [0.15, 0.2) is 5.13 Å². The standard InChI is InChI=1S/C21H18N4O2S/c1-13-6-8-15(9-7-13)12-25-18(26)11-10-16(24-25)20(27)23-21-22-19-14(2)4-3-5-17(19)28-21/h3-11H,12H2,1-2H3,(H,22,23,27). The number of benzene rings is 2. The predicted octanol–water partition coefficient (Wildman–Crippen LogP) is 3.77. The summed E-state index contributed by atoms with van der Waals surface area (Å²) in [6.07, 6.45) is 0. The molecule has 0 radical (unpaired) electrons. The Bertz CT molecular complexity index is 1230. The number of fused-ring (bicyclic) bond motifs is 1. The smallest absolute Gasteiger partial charge is 0.277 e. The molecule has 1 N–H and O–H groups in total. The second-order valence-electron chi connectivity index (χ2n) is 6.59. The van der Waals surface area contributed by atoms with E-state index in [9.17, 15) is 9.59 Å². The zero-order valence-corrected chi connectivity index (χ0v) is 16.3. The molecule has 0 saturated heterocycles. The van der Waals surface area contributed by atoms with Gasteiger partial charge in [-0.15, -0.1) is 0 Å². The largest absolute Gasteiger partial charge is 0.296 e. The van der Waals surface area contributed by atoms with E-state index < -0.39 is 5.91 Å². The van der Waals surface area contributed by atoms with Crippen LogP contribution in [0.4, 0.5) is 5.13 Å². The topological polar surface area (TPSA) is 76.9 Å². The summed E-state index contributed by atoms with van der Waals surface area (Å²) in [6, 6.07) is 16.5. The van der Waals surface area contributed by atoms with Gasteiger partial charge in [-0.05, 0) is 37.1 Å². The van der Waals surface area contributed by atoms with Crippen LogP contribution in [0.2, 0.25) is 0 Å². The molecular formula is C21H18N4O2S. The van der Waals surface area contributed by atoms with Crippen molar-refractivity contribution in [3.05, 3.63) is 87.3 Å². The Balaban J connectivity index is 1.57. The number of aryl methyl sites for hydroxylation is 2. The highest BCUT2D eigenvalue weighted by molar-refractivity contribution is 7.22. The number of para-hydroxylation sites is 1. The number of aromatic nitrogens is 3. The van der Waals surface area contributed by atoms with Crippen molar-refractivity contribution in [1.82, 2.24) is 14.8 Å². The van der Waals surface area contributed by atoms with E-state index in [0.717, 1.165) is 26.9 Å². The molecule has 0 saturated carbocycles. The number of hydrogen-bond donors (Lipinski definition) is 1. The average Bonchev–Trinajstić information content (AvgIpc) is 3.09. The zero-order valence-electron chi connectivity index (χ0n) is 15.5. The summed E-state index contributed by atoms with van der Waals surface area (Å²) in [5.74, 6) is -0.394. The fraction of sp³-hybridized carbons (Fsp3) is 0.143. The quantitative estimate of drug-likeness (QED) is 0.575. The lowest BCUT2D eigenvalue weighted by molar-refractivity contribution is 0.102. The zero-order chi connectivity index (χ0) is 19.7. The van der Waals surface area contributed by atoms with E-state index in [1.54, 1.807) is 0 Å². The molecule has 4 aromatic rings. The maximum Gasteiger partial charge on any atom is 0.277 e. The van der Waals surface area contributed by atoms with E-state index in [0.29, 0.717) is 11.7 Å². The van der Waals surface area contributed by atoms with Crippen LogP contribution in [0.25, 0.3) is 10.2 Å². The predicted molar refractivity (Wildman–Crippen MR) is 111 cm³/mol. The number of nitrogens with zero attached hydrogens (tertiary/aromatic N) is 3. The Labute approximate surface area is 165 Å². The van der Waals surface area contributed by atoms with E-state index in [1.165, 1.54) is 28.2 Å². The Kier molecular flexibility index (Phi) is 4.75. The van der Waals surface area contributed by atoms with Crippen LogP contribution in [-0.2, 0) is 6.54 Å². The third-order valence-corrected chi connectivity index (χ3v) is 5.33. The van der Waals surface area contributed by atoms with Gasteiger partial charge in [0, 0.05) is 6.07 Å². The lowest BCUT2D eigenvalue weighted by atomic mass is 10.1. The van der Waals surface area contributed by atoms with Crippen molar-refractivity contribution in [2.24, 2.45) is 0 Å². The molecule has 4 rings (SSSR count). The van der Waals surface area contributed by atoms with Gasteiger partial charge in [-0.3, -0.25) is 14.9 Å². The summed E-state index contributed by atoms with van der Waals surface area (Å²) in [5.41, 5.74) is 3.93. The number of carbonyl (C=O) groups excluding carboxylic acids is 1. The average molecular weight is 390 g/mol. The number of nitrogens with one attached hydrogen (secondary N) is 1. The van der Waals surface area contributed by atoms with E-state index in [1.807, 2.05) is 56.3 Å². The SMILES string of the molecule is Cc1ccc(Cn2nc(C(=O)Nc3nc4c(C)cccc4s3)ccc2=O)cc1. The molecule has 1 amide bonds. The number of anilines is 1. The van der Waals surface area contributed by atoms with Crippen LogP contribution in [0.3, 0.4) is 0 Å². The van der Waals surface area contributed by atoms with Crippen LogP contribution in [0.1, 0.15) is 27.2 Å². The highest BCUT2D eigenvalue weighted by Gasteiger charge is 2.13. The van der Waals surface area contributed by atoms with Gasteiger partial charge in [0.25, 0.3) is 11.5 Å². The highest BCUT2D eigenvalue weighted by atomic mass is 32.1. The third kappa shape index (κ3) is 3.70. The van der Waals surface area contributed by atoms with Crippen molar-refractivity contribution < 1.29 is 4.79 Å². The molecule has 0 bridgehead atoms. The molecule has 28 heavy (non-hydrogen) atoms. The van der Waals surface area contributed by atoms with Gasteiger partial charge >= 0.3 is 0 Å². The van der Waals surface area contributed by atoms with E-state index in [4.69, 9.17) is 0 Å². The van der Waals surface area contributed by atoms with Gasteiger partial charge in [-0.2, -0.15) is 5.10 Å². The molecule has 0 aliphatic carbocycles. The maximum absolute atomic E-state index is 12.6. The number of amides is 1. The number of carbonyl (C=O) groups is 1. The minimum absolute atomic E-state index is 0.169. The van der Waals surface area contributed by atoms with Crippen LogP contribution in [0.15, 0.2) is 59.4 Å². The van der Waals surface area contributed by atoms with E-state index >= 15 is 0 Å². The molecule has 7 heteroatoms. The molecule has 2 aromatic heterocycles. The second kappa shape index (κ2) is 7.36. The minimum Gasteiger partial charge on any atom is -0.296 e. The van der Waals surface area contributed by atoms with E-state index in [2.05, 4.69) is 15.4 Å². The fourth-order valence-electron chi connectivity index (χ4n) is 2.85. The van der Waals surface area contributed by atoms with Crippen molar-refractivity contribution in [3.8, 4) is 0 Å². The lowest BCUT2D eigenvalue weighted by Gasteiger charge is -2.07. The van der Waals surface area contributed by atoms with Crippen LogP contribution in [-0.4, -0.2) is 20.7 Å². The number of hydrogen-bond acceptors (Lipinski definition) is 5. The fourth-order valence-corrected chi connectivity index (χ4v) is 3.79. The summed E-state index contributed by atoms with van der Waals surface area (Å²) in [5, 5.41) is 7.52. The summed E-state index contributed by atoms with van der Waals surface area (Å²) < 4.78 is 2.30. The van der Waals surface area contributed by atoms with Gasteiger partial charge in [-0.25, -0.2) is 9.67 Å². The maximum atomic E-state index is 12.6. The molecule has 2 aromatic carbocycles. The first-order valence-electron chi connectivity index (χ1n) is 8.81. The van der Waals surface area contributed by atoms with Gasteiger partial charge < -0.3 is 0 Å².